The van der Waals surface area contributed by atoms with E-state index in [0.717, 1.165) is 37.1 Å². The Labute approximate surface area is 191 Å². The summed E-state index contributed by atoms with van der Waals surface area (Å²) in [5.74, 6) is -3.59. The molecule has 1 unspecified atom stereocenters. The number of fused-ring (bicyclic) bond motifs is 1. The molecule has 2 aromatic carbocycles. The Kier molecular flexibility index (Phi) is 7.20. The lowest BCUT2D eigenvalue weighted by Crippen LogP contribution is -2.45. The van der Waals surface area contributed by atoms with Crippen LogP contribution in [0.1, 0.15) is 23.6 Å². The molecule has 0 radical (unpaired) electrons. The minimum absolute atomic E-state index is 0.134. The molecule has 2 N–H and O–H groups in total. The molecule has 2 heterocycles. The summed E-state index contributed by atoms with van der Waals surface area (Å²) in [5.41, 5.74) is 3.31. The van der Waals surface area contributed by atoms with E-state index in [-0.39, 0.29) is 18.3 Å². The first-order chi connectivity index (χ1) is 15.9. The van der Waals surface area contributed by atoms with Crippen LogP contribution >= 0.6 is 0 Å². The Morgan fingerprint density at radius 1 is 1.06 bits per heavy atom. The van der Waals surface area contributed by atoms with Crippen LogP contribution in [0.5, 0.6) is 0 Å². The van der Waals surface area contributed by atoms with E-state index < -0.39 is 23.4 Å². The summed E-state index contributed by atoms with van der Waals surface area (Å²) in [4.78, 5) is 29.2. The topological polar surface area (TPSA) is 73.9 Å². The first kappa shape index (κ1) is 23.1. The SMILES string of the molecule is CN1CCCc2cc(C(CNC(=O)C(=O)Nc3ccc(F)cc3F)N3CCOCC3)ccc21. The first-order valence-corrected chi connectivity index (χ1v) is 11.1. The molecule has 1 saturated heterocycles. The van der Waals surface area contributed by atoms with E-state index in [1.807, 2.05) is 0 Å². The maximum atomic E-state index is 13.8. The predicted molar refractivity (Wildman–Crippen MR) is 121 cm³/mol. The van der Waals surface area contributed by atoms with Gasteiger partial charge in [0.05, 0.1) is 24.9 Å². The molecule has 7 nitrogen and oxygen atoms in total. The van der Waals surface area contributed by atoms with Gasteiger partial charge in [0.15, 0.2) is 0 Å². The van der Waals surface area contributed by atoms with Gasteiger partial charge in [-0.05, 0) is 42.2 Å². The maximum absolute atomic E-state index is 13.8. The van der Waals surface area contributed by atoms with Crippen LogP contribution in [0.15, 0.2) is 36.4 Å². The minimum Gasteiger partial charge on any atom is -0.379 e. The number of aryl methyl sites for hydroxylation is 1. The van der Waals surface area contributed by atoms with Crippen molar-refractivity contribution in [2.75, 3.05) is 56.7 Å². The van der Waals surface area contributed by atoms with Crippen molar-refractivity contribution in [2.24, 2.45) is 0 Å². The van der Waals surface area contributed by atoms with Crippen molar-refractivity contribution in [1.29, 1.82) is 0 Å². The van der Waals surface area contributed by atoms with Crippen LogP contribution in [-0.2, 0) is 20.7 Å². The number of rotatable bonds is 5. The van der Waals surface area contributed by atoms with Crippen LogP contribution in [0, 0.1) is 11.6 Å². The zero-order chi connectivity index (χ0) is 23.4. The molecule has 2 aliphatic heterocycles. The van der Waals surface area contributed by atoms with Crippen LogP contribution in [0.4, 0.5) is 20.2 Å². The number of nitrogens with zero attached hydrogens (tertiary/aromatic N) is 2. The second-order valence-electron chi connectivity index (χ2n) is 8.37. The molecule has 0 aromatic heterocycles. The first-order valence-electron chi connectivity index (χ1n) is 11.1. The van der Waals surface area contributed by atoms with E-state index >= 15 is 0 Å². The second-order valence-corrected chi connectivity index (χ2v) is 8.37. The number of benzene rings is 2. The number of carbonyl (C=O) groups excluding carboxylic acids is 2. The van der Waals surface area contributed by atoms with Gasteiger partial charge in [-0.1, -0.05) is 12.1 Å². The van der Waals surface area contributed by atoms with Crippen molar-refractivity contribution in [3.8, 4) is 0 Å². The van der Waals surface area contributed by atoms with Gasteiger partial charge in [-0.25, -0.2) is 8.78 Å². The molecule has 0 aliphatic carbocycles. The fraction of sp³-hybridized carbons (Fsp3) is 0.417. The lowest BCUT2D eigenvalue weighted by atomic mass is 9.95. The zero-order valence-corrected chi connectivity index (χ0v) is 18.6. The van der Waals surface area contributed by atoms with E-state index in [1.54, 1.807) is 0 Å². The van der Waals surface area contributed by atoms with Gasteiger partial charge in [-0.15, -0.1) is 0 Å². The number of nitrogens with one attached hydrogen (secondary N) is 2. The van der Waals surface area contributed by atoms with Crippen molar-refractivity contribution in [3.63, 3.8) is 0 Å². The second kappa shape index (κ2) is 10.3. The van der Waals surface area contributed by atoms with Crippen LogP contribution in [0.3, 0.4) is 0 Å². The Hall–Kier alpha value is -3.04. The summed E-state index contributed by atoms with van der Waals surface area (Å²) in [6, 6.07) is 8.98. The van der Waals surface area contributed by atoms with Gasteiger partial charge >= 0.3 is 11.8 Å². The highest BCUT2D eigenvalue weighted by atomic mass is 19.1. The van der Waals surface area contributed by atoms with Crippen molar-refractivity contribution in [3.05, 3.63) is 59.2 Å². The summed E-state index contributed by atoms with van der Waals surface area (Å²) in [6.45, 7) is 3.87. The van der Waals surface area contributed by atoms with Gasteiger partial charge in [-0.3, -0.25) is 14.5 Å². The molecule has 1 atom stereocenters. The van der Waals surface area contributed by atoms with Crippen LogP contribution in [-0.4, -0.2) is 63.2 Å². The number of anilines is 2. The zero-order valence-electron chi connectivity index (χ0n) is 18.6. The third kappa shape index (κ3) is 5.48. The summed E-state index contributed by atoms with van der Waals surface area (Å²) in [7, 11) is 2.08. The fourth-order valence-electron chi connectivity index (χ4n) is 4.40. The molecule has 4 rings (SSSR count). The third-order valence-corrected chi connectivity index (χ3v) is 6.17. The Bertz CT molecular complexity index is 1030. The number of amides is 2. The lowest BCUT2D eigenvalue weighted by Gasteiger charge is -2.36. The number of morpholine rings is 1. The van der Waals surface area contributed by atoms with Gasteiger partial charge in [0, 0.05) is 45.0 Å². The molecule has 2 amide bonds. The predicted octanol–water partition coefficient (Wildman–Crippen LogP) is 2.48. The molecule has 2 aromatic rings. The van der Waals surface area contributed by atoms with Crippen molar-refractivity contribution < 1.29 is 23.1 Å². The van der Waals surface area contributed by atoms with Gasteiger partial charge < -0.3 is 20.3 Å². The summed E-state index contributed by atoms with van der Waals surface area (Å²) in [6.07, 6.45) is 2.09. The number of ether oxygens (including phenoxy) is 1. The van der Waals surface area contributed by atoms with E-state index in [9.17, 15) is 18.4 Å². The number of hydrogen-bond acceptors (Lipinski definition) is 5. The number of carbonyl (C=O) groups is 2. The average molecular weight is 459 g/mol. The molecule has 176 valence electrons. The minimum atomic E-state index is -1.01. The fourth-order valence-corrected chi connectivity index (χ4v) is 4.40. The van der Waals surface area contributed by atoms with E-state index in [4.69, 9.17) is 4.74 Å². The lowest BCUT2D eigenvalue weighted by molar-refractivity contribution is -0.136. The smallest absolute Gasteiger partial charge is 0.313 e. The Morgan fingerprint density at radius 3 is 2.61 bits per heavy atom. The molecule has 2 aliphatic rings. The third-order valence-electron chi connectivity index (χ3n) is 6.17. The van der Waals surface area contributed by atoms with Crippen molar-refractivity contribution in [1.82, 2.24) is 10.2 Å². The molecule has 0 bridgehead atoms. The van der Waals surface area contributed by atoms with E-state index in [1.165, 1.54) is 11.3 Å². The van der Waals surface area contributed by atoms with Gasteiger partial charge in [0.2, 0.25) is 0 Å². The van der Waals surface area contributed by atoms with Gasteiger partial charge in [0.1, 0.15) is 11.6 Å². The molecule has 33 heavy (non-hydrogen) atoms. The maximum Gasteiger partial charge on any atom is 0.313 e. The largest absolute Gasteiger partial charge is 0.379 e. The Balaban J connectivity index is 1.46. The molecular weight excluding hydrogens is 430 g/mol. The monoisotopic (exact) mass is 458 g/mol. The molecule has 9 heteroatoms. The van der Waals surface area contributed by atoms with Crippen LogP contribution < -0.4 is 15.5 Å². The average Bonchev–Trinajstić information content (AvgIpc) is 2.81. The highest BCUT2D eigenvalue weighted by Gasteiger charge is 2.26. The number of halogens is 2. The van der Waals surface area contributed by atoms with E-state index in [0.29, 0.717) is 32.4 Å². The highest BCUT2D eigenvalue weighted by molar-refractivity contribution is 6.39. The van der Waals surface area contributed by atoms with E-state index in [2.05, 4.69) is 45.7 Å². The summed E-state index contributed by atoms with van der Waals surface area (Å²) < 4.78 is 32.4. The van der Waals surface area contributed by atoms with Gasteiger partial charge in [-0.2, -0.15) is 0 Å². The standard InChI is InChI=1S/C24H28F2N4O3/c1-29-8-2-3-16-13-17(4-7-21(16)29)22(30-9-11-33-12-10-30)15-27-23(31)24(32)28-20-6-5-18(25)14-19(20)26/h4-7,13-14,22H,2-3,8-12,15H2,1H3,(H,27,31)(H,28,32). The Morgan fingerprint density at radius 2 is 1.85 bits per heavy atom. The molecule has 0 spiro atoms. The van der Waals surface area contributed by atoms with Gasteiger partial charge in [0.25, 0.3) is 0 Å². The summed E-state index contributed by atoms with van der Waals surface area (Å²) >= 11 is 0. The molecule has 1 fully saturated rings. The summed E-state index contributed by atoms with van der Waals surface area (Å²) in [5, 5.41) is 4.87. The van der Waals surface area contributed by atoms with Crippen molar-refractivity contribution >= 4 is 23.2 Å². The van der Waals surface area contributed by atoms with Crippen LogP contribution in [0.2, 0.25) is 0 Å². The van der Waals surface area contributed by atoms with Crippen molar-refractivity contribution in [2.45, 2.75) is 18.9 Å². The molecular formula is C24H28F2N4O3. The molecule has 0 saturated carbocycles. The highest BCUT2D eigenvalue weighted by Crippen LogP contribution is 2.31. The number of hydrogen-bond donors (Lipinski definition) is 2. The van der Waals surface area contributed by atoms with Crippen LogP contribution in [0.25, 0.3) is 0 Å². The normalized spacial score (nSPS) is 17.2. The quantitative estimate of drug-likeness (QED) is 0.674.